The third-order valence-corrected chi connectivity index (χ3v) is 1.80. The van der Waals surface area contributed by atoms with Crippen LogP contribution < -0.4 is 5.32 Å². The van der Waals surface area contributed by atoms with Crippen molar-refractivity contribution < 1.29 is 32.6 Å². The highest BCUT2D eigenvalue weighted by Gasteiger charge is 2.40. The average Bonchev–Trinajstić information content (AvgIpc) is 2.12. The summed E-state index contributed by atoms with van der Waals surface area (Å²) in [6.07, 6.45) is -5.34. The van der Waals surface area contributed by atoms with Crippen molar-refractivity contribution in [2.24, 2.45) is 0 Å². The Bertz CT molecular complexity index is 309. The quantitative estimate of drug-likeness (QED) is 0.790. The second-order valence-electron chi connectivity index (χ2n) is 4.61. The lowest BCUT2D eigenvalue weighted by atomic mass is 10.2. The number of hydrogen-bond donors (Lipinski definition) is 2. The summed E-state index contributed by atoms with van der Waals surface area (Å²) >= 11 is 0. The van der Waals surface area contributed by atoms with Crippen LogP contribution in [0.1, 0.15) is 27.2 Å². The highest BCUT2D eigenvalue weighted by atomic mass is 19.4. The maximum atomic E-state index is 11.9. The molecular weight excluding hydrogens is 255 g/mol. The van der Waals surface area contributed by atoms with Crippen LogP contribution in [0, 0.1) is 0 Å². The number of carbonyl (C=O) groups is 2. The molecule has 0 radical (unpaired) electrons. The van der Waals surface area contributed by atoms with Crippen molar-refractivity contribution in [2.75, 3.05) is 6.61 Å². The van der Waals surface area contributed by atoms with Crippen LogP contribution in [0.3, 0.4) is 0 Å². The number of aliphatic carboxylic acids is 1. The van der Waals surface area contributed by atoms with Crippen LogP contribution in [0.2, 0.25) is 0 Å². The fourth-order valence-electron chi connectivity index (χ4n) is 0.980. The first-order valence-corrected chi connectivity index (χ1v) is 5.18. The first-order chi connectivity index (χ1) is 7.93. The first-order valence-electron chi connectivity index (χ1n) is 5.18. The van der Waals surface area contributed by atoms with Crippen molar-refractivity contribution >= 4 is 11.9 Å². The van der Waals surface area contributed by atoms with Gasteiger partial charge in [0.15, 0.2) is 0 Å². The minimum Gasteiger partial charge on any atom is -0.480 e. The van der Waals surface area contributed by atoms with E-state index in [4.69, 9.17) is 9.84 Å². The molecule has 0 rings (SSSR count). The van der Waals surface area contributed by atoms with Crippen LogP contribution in [-0.4, -0.2) is 41.4 Å². The van der Waals surface area contributed by atoms with Gasteiger partial charge in [-0.2, -0.15) is 13.2 Å². The summed E-state index contributed by atoms with van der Waals surface area (Å²) in [5, 5.41) is 10.1. The van der Waals surface area contributed by atoms with Gasteiger partial charge in [0.25, 0.3) is 0 Å². The fourth-order valence-corrected chi connectivity index (χ4v) is 0.980. The number of halogens is 3. The molecule has 0 heterocycles. The molecule has 0 aromatic carbocycles. The summed E-state index contributed by atoms with van der Waals surface area (Å²) in [5.41, 5.74) is -0.531. The van der Waals surface area contributed by atoms with Gasteiger partial charge in [0, 0.05) is 13.0 Å². The molecule has 0 aromatic heterocycles. The molecule has 2 N–H and O–H groups in total. The van der Waals surface area contributed by atoms with E-state index in [1.54, 1.807) is 20.8 Å². The van der Waals surface area contributed by atoms with Crippen molar-refractivity contribution in [1.29, 1.82) is 0 Å². The zero-order valence-corrected chi connectivity index (χ0v) is 10.3. The molecule has 0 aliphatic carbocycles. The smallest absolute Gasteiger partial charge is 0.471 e. The predicted octanol–water partition coefficient (Wildman–Crippen LogP) is 1.32. The first kappa shape index (κ1) is 16.7. The Kier molecular flexibility index (Phi) is 5.59. The Morgan fingerprint density at radius 1 is 1.28 bits per heavy atom. The van der Waals surface area contributed by atoms with Gasteiger partial charge < -0.3 is 15.2 Å². The minimum absolute atomic E-state index is 0.0708. The molecule has 0 fully saturated rings. The van der Waals surface area contributed by atoms with Gasteiger partial charge in [0.2, 0.25) is 0 Å². The van der Waals surface area contributed by atoms with Gasteiger partial charge >= 0.3 is 18.1 Å². The molecule has 106 valence electrons. The van der Waals surface area contributed by atoms with Gasteiger partial charge in [-0.1, -0.05) is 0 Å². The lowest BCUT2D eigenvalue weighted by Gasteiger charge is -2.21. The third-order valence-electron chi connectivity index (χ3n) is 1.80. The maximum absolute atomic E-state index is 11.9. The van der Waals surface area contributed by atoms with Crippen LogP contribution >= 0.6 is 0 Å². The second-order valence-corrected chi connectivity index (χ2v) is 4.61. The topological polar surface area (TPSA) is 75.6 Å². The Labute approximate surface area is 102 Å². The molecule has 1 amide bonds. The molecule has 1 atom stereocenters. The number of hydrogen-bond acceptors (Lipinski definition) is 3. The van der Waals surface area contributed by atoms with Crippen LogP contribution in [-0.2, 0) is 14.3 Å². The van der Waals surface area contributed by atoms with Gasteiger partial charge in [-0.25, -0.2) is 4.79 Å². The van der Waals surface area contributed by atoms with E-state index in [1.165, 1.54) is 5.32 Å². The third kappa shape index (κ3) is 7.10. The molecule has 0 aliphatic rings. The maximum Gasteiger partial charge on any atom is 0.471 e. The summed E-state index contributed by atoms with van der Waals surface area (Å²) < 4.78 is 41.0. The Morgan fingerprint density at radius 3 is 2.11 bits per heavy atom. The molecule has 18 heavy (non-hydrogen) atoms. The zero-order valence-electron chi connectivity index (χ0n) is 10.3. The predicted molar refractivity (Wildman–Crippen MR) is 55.9 cm³/mol. The molecular formula is C10H16F3NO4. The van der Waals surface area contributed by atoms with Crippen molar-refractivity contribution in [3.63, 3.8) is 0 Å². The van der Waals surface area contributed by atoms with Gasteiger partial charge in [0.1, 0.15) is 6.04 Å². The summed E-state index contributed by atoms with van der Waals surface area (Å²) in [6.45, 7) is 5.09. The Balaban J connectivity index is 4.34. The minimum atomic E-state index is -5.10. The Hall–Kier alpha value is -1.31. The largest absolute Gasteiger partial charge is 0.480 e. The molecule has 0 aliphatic heterocycles. The van der Waals surface area contributed by atoms with E-state index in [-0.39, 0.29) is 13.0 Å². The number of carboxylic acids is 1. The highest BCUT2D eigenvalue weighted by Crippen LogP contribution is 2.15. The van der Waals surface area contributed by atoms with E-state index in [0.29, 0.717) is 0 Å². The lowest BCUT2D eigenvalue weighted by molar-refractivity contribution is -0.175. The van der Waals surface area contributed by atoms with Crippen LogP contribution in [0.5, 0.6) is 0 Å². The molecule has 0 aromatic rings. The van der Waals surface area contributed by atoms with E-state index in [2.05, 4.69) is 0 Å². The Morgan fingerprint density at radius 2 is 1.78 bits per heavy atom. The molecule has 1 unspecified atom stereocenters. The van der Waals surface area contributed by atoms with Gasteiger partial charge in [-0.05, 0) is 20.8 Å². The molecule has 8 heteroatoms. The highest BCUT2D eigenvalue weighted by molar-refractivity contribution is 5.86. The van der Waals surface area contributed by atoms with Crippen LogP contribution in [0.4, 0.5) is 13.2 Å². The van der Waals surface area contributed by atoms with E-state index < -0.39 is 29.7 Å². The van der Waals surface area contributed by atoms with Crippen molar-refractivity contribution in [1.82, 2.24) is 5.32 Å². The number of rotatable bonds is 5. The van der Waals surface area contributed by atoms with E-state index in [9.17, 15) is 22.8 Å². The summed E-state index contributed by atoms with van der Waals surface area (Å²) in [4.78, 5) is 21.3. The summed E-state index contributed by atoms with van der Waals surface area (Å²) in [5.74, 6) is -3.81. The normalized spacial score (nSPS) is 14.1. The number of ether oxygens (including phenoxy) is 1. The lowest BCUT2D eigenvalue weighted by Crippen LogP contribution is -2.47. The number of carbonyl (C=O) groups excluding carboxylic acids is 1. The van der Waals surface area contributed by atoms with Gasteiger partial charge in [-0.3, -0.25) is 4.79 Å². The van der Waals surface area contributed by atoms with Gasteiger partial charge in [-0.15, -0.1) is 0 Å². The monoisotopic (exact) mass is 271 g/mol. The van der Waals surface area contributed by atoms with Crippen LogP contribution in [0.15, 0.2) is 0 Å². The van der Waals surface area contributed by atoms with E-state index >= 15 is 0 Å². The SMILES string of the molecule is CC(C)(C)OCCC(NC(=O)C(F)(F)F)C(=O)O. The van der Waals surface area contributed by atoms with E-state index in [1.807, 2.05) is 0 Å². The number of carboxylic acid groups (broad SMARTS) is 1. The molecule has 0 spiro atoms. The fraction of sp³-hybridized carbons (Fsp3) is 0.800. The van der Waals surface area contributed by atoms with Gasteiger partial charge in [0.05, 0.1) is 5.60 Å². The molecule has 0 saturated heterocycles. The van der Waals surface area contributed by atoms with E-state index in [0.717, 1.165) is 0 Å². The molecule has 0 bridgehead atoms. The zero-order chi connectivity index (χ0) is 14.6. The van der Waals surface area contributed by atoms with Crippen molar-refractivity contribution in [2.45, 2.75) is 45.0 Å². The number of amides is 1. The second kappa shape index (κ2) is 6.03. The summed E-state index contributed by atoms with van der Waals surface area (Å²) in [6, 6.07) is -1.62. The molecule has 0 saturated carbocycles. The average molecular weight is 271 g/mol. The number of alkyl halides is 3. The number of nitrogens with one attached hydrogen (secondary N) is 1. The van der Waals surface area contributed by atoms with Crippen molar-refractivity contribution in [3.05, 3.63) is 0 Å². The standard InChI is InChI=1S/C10H16F3NO4/c1-9(2,3)18-5-4-6(7(15)16)14-8(17)10(11,12)13/h6H,4-5H2,1-3H3,(H,14,17)(H,15,16). The molecule has 5 nitrogen and oxygen atoms in total. The van der Waals surface area contributed by atoms with Crippen molar-refractivity contribution in [3.8, 4) is 0 Å². The van der Waals surface area contributed by atoms with Crippen LogP contribution in [0.25, 0.3) is 0 Å². The summed E-state index contributed by atoms with van der Waals surface area (Å²) in [7, 11) is 0.